The summed E-state index contributed by atoms with van der Waals surface area (Å²) in [4.78, 5) is 22.8. The maximum atomic E-state index is 12.0. The van der Waals surface area contributed by atoms with E-state index in [1.807, 2.05) is 11.9 Å². The van der Waals surface area contributed by atoms with Gasteiger partial charge in [-0.05, 0) is 25.3 Å². The number of rotatable bonds is 8. The Bertz CT molecular complexity index is 840. The summed E-state index contributed by atoms with van der Waals surface area (Å²) < 4.78 is 16.0. The molecule has 3 rings (SSSR count). The van der Waals surface area contributed by atoms with Crippen molar-refractivity contribution in [3.63, 3.8) is 0 Å². The highest BCUT2D eigenvalue weighted by molar-refractivity contribution is 5.91. The van der Waals surface area contributed by atoms with Crippen LogP contribution in [0.5, 0.6) is 11.5 Å². The second kappa shape index (κ2) is 11.4. The van der Waals surface area contributed by atoms with Gasteiger partial charge in [-0.25, -0.2) is 4.98 Å². The van der Waals surface area contributed by atoms with Gasteiger partial charge in [-0.15, -0.1) is 0 Å². The lowest BCUT2D eigenvalue weighted by Gasteiger charge is -2.19. The number of hydrogen-bond acceptors (Lipinski definition) is 8. The molecular formula is C21H35N5O4. The minimum atomic E-state index is -0.298. The highest BCUT2D eigenvalue weighted by Crippen LogP contribution is 2.33. The standard InChI is InChI=1S/C19H27N5O4.2CH4/c1-24(8-5-7-21-18(25)14-6-4-9-28-14)19-22-13-11-16(27-3)15(26-2)10-12(13)17(20)23-19;;/h10-11,14H,4-9H2,1-3H3,(H,21,25)(H2,20,22,23);2*1H4. The minimum absolute atomic E-state index is 0. The number of fused-ring (bicyclic) bond motifs is 1. The number of carbonyl (C=O) groups excluding carboxylic acids is 1. The predicted octanol–water partition coefficient (Wildman–Crippen LogP) is 2.62. The molecule has 1 fully saturated rings. The third-order valence-electron chi connectivity index (χ3n) is 4.75. The summed E-state index contributed by atoms with van der Waals surface area (Å²) in [6.07, 6.45) is 2.19. The lowest BCUT2D eigenvalue weighted by Crippen LogP contribution is -2.36. The first-order chi connectivity index (χ1) is 13.5. The van der Waals surface area contributed by atoms with Gasteiger partial charge in [-0.3, -0.25) is 4.79 Å². The summed E-state index contributed by atoms with van der Waals surface area (Å²) in [6.45, 7) is 1.90. The fourth-order valence-electron chi connectivity index (χ4n) is 3.16. The first-order valence-corrected chi connectivity index (χ1v) is 9.33. The molecule has 2 heterocycles. The molecule has 9 heteroatoms. The van der Waals surface area contributed by atoms with Crippen LogP contribution in [0.25, 0.3) is 10.9 Å². The molecule has 1 unspecified atom stereocenters. The van der Waals surface area contributed by atoms with Crippen LogP contribution in [0, 0.1) is 0 Å². The van der Waals surface area contributed by atoms with Gasteiger partial charge in [0.15, 0.2) is 11.5 Å². The molecule has 0 saturated carbocycles. The first kappa shape index (κ1) is 25.2. The number of methoxy groups -OCH3 is 2. The van der Waals surface area contributed by atoms with E-state index in [9.17, 15) is 4.79 Å². The Kier molecular flexibility index (Phi) is 9.58. The molecular weight excluding hydrogens is 386 g/mol. The molecule has 1 aliphatic rings. The highest BCUT2D eigenvalue weighted by atomic mass is 16.5. The third-order valence-corrected chi connectivity index (χ3v) is 4.75. The number of nitrogen functional groups attached to an aromatic ring is 1. The van der Waals surface area contributed by atoms with E-state index in [1.54, 1.807) is 26.4 Å². The van der Waals surface area contributed by atoms with E-state index in [0.29, 0.717) is 53.9 Å². The third kappa shape index (κ3) is 5.63. The summed E-state index contributed by atoms with van der Waals surface area (Å²) in [5, 5.41) is 3.62. The average molecular weight is 422 g/mol. The van der Waals surface area contributed by atoms with Crippen LogP contribution in [0.1, 0.15) is 34.1 Å². The summed E-state index contributed by atoms with van der Waals surface area (Å²) in [5.41, 5.74) is 6.81. The van der Waals surface area contributed by atoms with E-state index in [2.05, 4.69) is 15.3 Å². The van der Waals surface area contributed by atoms with E-state index in [4.69, 9.17) is 19.9 Å². The lowest BCUT2D eigenvalue weighted by atomic mass is 10.2. The summed E-state index contributed by atoms with van der Waals surface area (Å²) in [5.74, 6) is 2.02. The van der Waals surface area contributed by atoms with E-state index in [0.717, 1.165) is 19.3 Å². The smallest absolute Gasteiger partial charge is 0.249 e. The zero-order valence-electron chi connectivity index (χ0n) is 16.5. The van der Waals surface area contributed by atoms with Crippen LogP contribution in [0.3, 0.4) is 0 Å². The van der Waals surface area contributed by atoms with Crippen LogP contribution in [0.2, 0.25) is 0 Å². The lowest BCUT2D eigenvalue weighted by molar-refractivity contribution is -0.130. The van der Waals surface area contributed by atoms with Gasteiger partial charge >= 0.3 is 0 Å². The molecule has 1 amide bonds. The molecule has 3 N–H and O–H groups in total. The fourth-order valence-corrected chi connectivity index (χ4v) is 3.16. The minimum Gasteiger partial charge on any atom is -0.493 e. The van der Waals surface area contributed by atoms with Crippen LogP contribution in [0.4, 0.5) is 11.8 Å². The van der Waals surface area contributed by atoms with Crippen molar-refractivity contribution in [3.05, 3.63) is 12.1 Å². The number of aromatic nitrogens is 2. The molecule has 1 aromatic carbocycles. The Hall–Kier alpha value is -2.81. The molecule has 168 valence electrons. The molecule has 1 atom stereocenters. The number of anilines is 2. The molecule has 0 bridgehead atoms. The second-order valence-electron chi connectivity index (χ2n) is 6.70. The normalized spacial score (nSPS) is 15.1. The number of benzene rings is 1. The van der Waals surface area contributed by atoms with E-state index >= 15 is 0 Å². The topological polar surface area (TPSA) is 112 Å². The summed E-state index contributed by atoms with van der Waals surface area (Å²) in [7, 11) is 5.04. The number of nitrogens with one attached hydrogen (secondary N) is 1. The van der Waals surface area contributed by atoms with Gasteiger partial charge in [0.1, 0.15) is 11.9 Å². The van der Waals surface area contributed by atoms with Crippen molar-refractivity contribution >= 4 is 28.6 Å². The number of amides is 1. The van der Waals surface area contributed by atoms with Gasteiger partial charge in [-0.1, -0.05) is 14.9 Å². The van der Waals surface area contributed by atoms with Crippen LogP contribution in [-0.4, -0.2) is 62.9 Å². The highest BCUT2D eigenvalue weighted by Gasteiger charge is 2.22. The van der Waals surface area contributed by atoms with E-state index < -0.39 is 0 Å². The maximum absolute atomic E-state index is 12.0. The second-order valence-corrected chi connectivity index (χ2v) is 6.70. The van der Waals surface area contributed by atoms with Gasteiger partial charge in [0.25, 0.3) is 0 Å². The summed E-state index contributed by atoms with van der Waals surface area (Å²) >= 11 is 0. The number of nitrogens with zero attached hydrogens (tertiary/aromatic N) is 3. The average Bonchev–Trinajstić information content (AvgIpc) is 3.24. The van der Waals surface area contributed by atoms with Gasteiger partial charge in [0.2, 0.25) is 11.9 Å². The molecule has 2 aromatic rings. The van der Waals surface area contributed by atoms with Crippen molar-refractivity contribution in [2.45, 2.75) is 40.2 Å². The molecule has 9 nitrogen and oxygen atoms in total. The number of carbonyl (C=O) groups is 1. The molecule has 0 aliphatic carbocycles. The quantitative estimate of drug-likeness (QED) is 0.626. The molecule has 30 heavy (non-hydrogen) atoms. The van der Waals surface area contributed by atoms with E-state index in [-0.39, 0.29) is 26.9 Å². The van der Waals surface area contributed by atoms with Crippen molar-refractivity contribution < 1.29 is 19.0 Å². The zero-order valence-corrected chi connectivity index (χ0v) is 16.5. The zero-order chi connectivity index (χ0) is 20.1. The van der Waals surface area contributed by atoms with Crippen LogP contribution in [-0.2, 0) is 9.53 Å². The van der Waals surface area contributed by atoms with Crippen molar-refractivity contribution in [1.29, 1.82) is 0 Å². The molecule has 0 radical (unpaired) electrons. The van der Waals surface area contributed by atoms with Crippen molar-refractivity contribution in [3.8, 4) is 11.5 Å². The van der Waals surface area contributed by atoms with Crippen LogP contribution >= 0.6 is 0 Å². The first-order valence-electron chi connectivity index (χ1n) is 9.33. The number of ether oxygens (including phenoxy) is 3. The SMILES string of the molecule is C.C.COc1cc2nc(N(C)CCCNC(=O)C3CCCO3)nc(N)c2cc1OC. The van der Waals surface area contributed by atoms with E-state index in [1.165, 1.54) is 0 Å². The van der Waals surface area contributed by atoms with Gasteiger partial charge in [0, 0.05) is 38.2 Å². The Balaban J connectivity index is 0.00000225. The molecule has 1 saturated heterocycles. The largest absolute Gasteiger partial charge is 0.493 e. The number of hydrogen-bond donors (Lipinski definition) is 2. The summed E-state index contributed by atoms with van der Waals surface area (Å²) in [6, 6.07) is 3.55. The van der Waals surface area contributed by atoms with Gasteiger partial charge in [-0.2, -0.15) is 4.98 Å². The van der Waals surface area contributed by atoms with Gasteiger partial charge < -0.3 is 30.2 Å². The van der Waals surface area contributed by atoms with Crippen molar-refractivity contribution in [2.24, 2.45) is 0 Å². The molecule has 1 aliphatic heterocycles. The van der Waals surface area contributed by atoms with Crippen LogP contribution in [0.15, 0.2) is 12.1 Å². The van der Waals surface area contributed by atoms with Crippen molar-refractivity contribution in [1.82, 2.24) is 15.3 Å². The predicted molar refractivity (Wildman–Crippen MR) is 120 cm³/mol. The van der Waals surface area contributed by atoms with Crippen molar-refractivity contribution in [2.75, 3.05) is 51.6 Å². The fraction of sp³-hybridized carbons (Fsp3) is 0.571. The molecule has 1 aromatic heterocycles. The Labute approximate surface area is 178 Å². The Morgan fingerprint density at radius 1 is 1.27 bits per heavy atom. The van der Waals surface area contributed by atoms with Gasteiger partial charge in [0.05, 0.1) is 19.7 Å². The van der Waals surface area contributed by atoms with Crippen LogP contribution < -0.4 is 25.4 Å². The monoisotopic (exact) mass is 421 g/mol. The number of nitrogens with two attached hydrogens (primary N) is 1. The maximum Gasteiger partial charge on any atom is 0.249 e. The molecule has 0 spiro atoms. The Morgan fingerprint density at radius 3 is 2.60 bits per heavy atom. The Morgan fingerprint density at radius 2 is 1.97 bits per heavy atom.